The van der Waals surface area contributed by atoms with Crippen molar-refractivity contribution in [2.75, 3.05) is 13.7 Å². The van der Waals surface area contributed by atoms with Crippen LogP contribution in [-0.4, -0.2) is 30.6 Å². The van der Waals surface area contributed by atoms with Crippen molar-refractivity contribution in [1.82, 2.24) is 5.32 Å². The first kappa shape index (κ1) is 13.8. The molecule has 0 aliphatic rings. The zero-order valence-electron chi connectivity index (χ0n) is 10.3. The van der Waals surface area contributed by atoms with Gasteiger partial charge in [0, 0.05) is 13.5 Å². The first-order chi connectivity index (χ1) is 8.54. The molecule has 0 aliphatic heterocycles. The number of amides is 1. The highest BCUT2D eigenvalue weighted by Gasteiger charge is 2.08. The molecule has 2 N–H and O–H groups in total. The minimum atomic E-state index is -1.00. The molecule has 0 spiro atoms. The van der Waals surface area contributed by atoms with Gasteiger partial charge in [0.15, 0.2) is 0 Å². The minimum absolute atomic E-state index is 0.135. The minimum Gasteiger partial charge on any atom is -0.497 e. The third-order valence-corrected chi connectivity index (χ3v) is 2.26. The maximum atomic E-state index is 11.0. The Morgan fingerprint density at radius 2 is 2.17 bits per heavy atom. The Morgan fingerprint density at radius 1 is 1.44 bits per heavy atom. The molecule has 96 valence electrons. The highest BCUT2D eigenvalue weighted by Crippen LogP contribution is 2.19. The molecule has 0 fully saturated rings. The van der Waals surface area contributed by atoms with E-state index in [4.69, 9.17) is 9.84 Å². The molecule has 0 aliphatic carbocycles. The Bertz CT molecular complexity index is 480. The number of carbonyl (C=O) groups excluding carboxylic acids is 1. The standard InChI is InChI=1S/C13H15NO4/c1-9(15)14-7-3-4-10-8-11(18-2)5-6-12(10)13(16)17/h3-6,8H,7H2,1-2H3,(H,14,15)(H,16,17). The van der Waals surface area contributed by atoms with Crippen molar-refractivity contribution in [1.29, 1.82) is 0 Å². The van der Waals surface area contributed by atoms with Gasteiger partial charge in [0.25, 0.3) is 0 Å². The lowest BCUT2D eigenvalue weighted by Crippen LogP contribution is -2.19. The number of carbonyl (C=O) groups is 2. The van der Waals surface area contributed by atoms with Crippen LogP contribution in [0.3, 0.4) is 0 Å². The fraction of sp³-hybridized carbons (Fsp3) is 0.231. The summed E-state index contributed by atoms with van der Waals surface area (Å²) in [6, 6.07) is 4.71. The van der Waals surface area contributed by atoms with E-state index in [0.29, 0.717) is 17.9 Å². The molecule has 0 bridgehead atoms. The van der Waals surface area contributed by atoms with Crippen molar-refractivity contribution in [3.8, 4) is 5.75 Å². The summed E-state index contributed by atoms with van der Waals surface area (Å²) in [6.45, 7) is 1.77. The molecule has 0 aromatic heterocycles. The van der Waals surface area contributed by atoms with E-state index in [2.05, 4.69) is 5.32 Å². The molecule has 0 radical (unpaired) electrons. The normalized spacial score (nSPS) is 10.3. The second-order valence-corrected chi connectivity index (χ2v) is 3.60. The predicted octanol–water partition coefficient (Wildman–Crippen LogP) is 1.54. The van der Waals surface area contributed by atoms with Crippen LogP contribution in [0.1, 0.15) is 22.8 Å². The Balaban J connectivity index is 2.90. The number of ether oxygens (including phenoxy) is 1. The number of hydrogen-bond donors (Lipinski definition) is 2. The zero-order chi connectivity index (χ0) is 13.5. The van der Waals surface area contributed by atoms with Gasteiger partial charge in [0.2, 0.25) is 5.91 Å². The molecule has 1 amide bonds. The maximum absolute atomic E-state index is 11.0. The fourth-order valence-corrected chi connectivity index (χ4v) is 1.39. The number of benzene rings is 1. The van der Waals surface area contributed by atoms with Crippen LogP contribution in [0.25, 0.3) is 6.08 Å². The summed E-state index contributed by atoms with van der Waals surface area (Å²) < 4.78 is 5.04. The molecule has 1 aromatic carbocycles. The Hall–Kier alpha value is -2.30. The molecule has 1 rings (SSSR count). The monoisotopic (exact) mass is 249 g/mol. The molecule has 0 heterocycles. The van der Waals surface area contributed by atoms with Gasteiger partial charge in [-0.15, -0.1) is 0 Å². The van der Waals surface area contributed by atoms with E-state index >= 15 is 0 Å². The third kappa shape index (κ3) is 3.93. The van der Waals surface area contributed by atoms with Crippen LogP contribution in [-0.2, 0) is 4.79 Å². The van der Waals surface area contributed by atoms with E-state index in [0.717, 1.165) is 0 Å². The molecule has 0 saturated heterocycles. The lowest BCUT2D eigenvalue weighted by Gasteiger charge is -2.05. The van der Waals surface area contributed by atoms with Crippen molar-refractivity contribution in [3.05, 3.63) is 35.4 Å². The van der Waals surface area contributed by atoms with Gasteiger partial charge in [-0.3, -0.25) is 4.79 Å². The van der Waals surface area contributed by atoms with Crippen LogP contribution in [0.2, 0.25) is 0 Å². The van der Waals surface area contributed by atoms with Crippen LogP contribution < -0.4 is 10.1 Å². The molecular formula is C13H15NO4. The number of methoxy groups -OCH3 is 1. The van der Waals surface area contributed by atoms with Gasteiger partial charge in [0.05, 0.1) is 12.7 Å². The van der Waals surface area contributed by atoms with Crippen LogP contribution in [0.15, 0.2) is 24.3 Å². The molecule has 5 nitrogen and oxygen atoms in total. The van der Waals surface area contributed by atoms with E-state index in [9.17, 15) is 9.59 Å². The topological polar surface area (TPSA) is 75.6 Å². The predicted molar refractivity (Wildman–Crippen MR) is 67.7 cm³/mol. The van der Waals surface area contributed by atoms with Crippen LogP contribution in [0.4, 0.5) is 0 Å². The van der Waals surface area contributed by atoms with Crippen molar-refractivity contribution >= 4 is 18.0 Å². The molecule has 0 unspecified atom stereocenters. The SMILES string of the molecule is COc1ccc(C(=O)O)c(C=CCNC(C)=O)c1. The van der Waals surface area contributed by atoms with Gasteiger partial charge in [0.1, 0.15) is 5.75 Å². The van der Waals surface area contributed by atoms with Crippen molar-refractivity contribution in [2.45, 2.75) is 6.92 Å². The summed E-state index contributed by atoms with van der Waals surface area (Å²) >= 11 is 0. The molecular weight excluding hydrogens is 234 g/mol. The fourth-order valence-electron chi connectivity index (χ4n) is 1.39. The maximum Gasteiger partial charge on any atom is 0.336 e. The number of nitrogens with one attached hydrogen (secondary N) is 1. The summed E-state index contributed by atoms with van der Waals surface area (Å²) in [5.74, 6) is -0.556. The summed E-state index contributed by atoms with van der Waals surface area (Å²) in [4.78, 5) is 21.7. The third-order valence-electron chi connectivity index (χ3n) is 2.26. The van der Waals surface area contributed by atoms with Crippen LogP contribution in [0.5, 0.6) is 5.75 Å². The second kappa shape index (κ2) is 6.44. The summed E-state index contributed by atoms with van der Waals surface area (Å²) in [7, 11) is 1.51. The first-order valence-electron chi connectivity index (χ1n) is 5.37. The van der Waals surface area contributed by atoms with Crippen LogP contribution in [0, 0.1) is 0 Å². The smallest absolute Gasteiger partial charge is 0.336 e. The van der Waals surface area contributed by atoms with Gasteiger partial charge >= 0.3 is 5.97 Å². The number of carboxylic acid groups (broad SMARTS) is 1. The lowest BCUT2D eigenvalue weighted by atomic mass is 10.1. The second-order valence-electron chi connectivity index (χ2n) is 3.60. The van der Waals surface area contributed by atoms with Crippen molar-refractivity contribution in [2.24, 2.45) is 0 Å². The average molecular weight is 249 g/mol. The Labute approximate surface area is 105 Å². The van der Waals surface area contributed by atoms with Crippen molar-refractivity contribution in [3.63, 3.8) is 0 Å². The van der Waals surface area contributed by atoms with Gasteiger partial charge < -0.3 is 15.2 Å². The number of rotatable bonds is 5. The number of hydrogen-bond acceptors (Lipinski definition) is 3. The summed E-state index contributed by atoms with van der Waals surface area (Å²) in [6.07, 6.45) is 3.32. The largest absolute Gasteiger partial charge is 0.497 e. The molecule has 0 atom stereocenters. The number of aromatic carboxylic acids is 1. The van der Waals surface area contributed by atoms with E-state index in [1.807, 2.05) is 0 Å². The zero-order valence-corrected chi connectivity index (χ0v) is 10.3. The van der Waals surface area contributed by atoms with Gasteiger partial charge in [-0.1, -0.05) is 12.2 Å². The van der Waals surface area contributed by atoms with Crippen molar-refractivity contribution < 1.29 is 19.4 Å². The number of carboxylic acids is 1. The Morgan fingerprint density at radius 3 is 2.72 bits per heavy atom. The first-order valence-corrected chi connectivity index (χ1v) is 5.37. The Kier molecular flexibility index (Phi) is 4.92. The molecule has 5 heteroatoms. The summed E-state index contributed by atoms with van der Waals surface area (Å²) in [5, 5.41) is 11.6. The van der Waals surface area contributed by atoms with E-state index < -0.39 is 5.97 Å². The summed E-state index contributed by atoms with van der Waals surface area (Å²) in [5.41, 5.74) is 0.724. The average Bonchev–Trinajstić information content (AvgIpc) is 2.33. The lowest BCUT2D eigenvalue weighted by molar-refractivity contribution is -0.118. The highest BCUT2D eigenvalue weighted by atomic mass is 16.5. The highest BCUT2D eigenvalue weighted by molar-refractivity contribution is 5.92. The van der Waals surface area contributed by atoms with E-state index in [1.54, 1.807) is 24.3 Å². The quantitative estimate of drug-likeness (QED) is 0.830. The van der Waals surface area contributed by atoms with E-state index in [1.165, 1.54) is 20.1 Å². The van der Waals surface area contributed by atoms with Gasteiger partial charge in [-0.25, -0.2) is 4.79 Å². The van der Waals surface area contributed by atoms with E-state index in [-0.39, 0.29) is 11.5 Å². The van der Waals surface area contributed by atoms with Crippen LogP contribution >= 0.6 is 0 Å². The van der Waals surface area contributed by atoms with Gasteiger partial charge in [-0.05, 0) is 23.8 Å². The van der Waals surface area contributed by atoms with Gasteiger partial charge in [-0.2, -0.15) is 0 Å². The molecule has 1 aromatic rings. The molecule has 0 saturated carbocycles. The molecule has 18 heavy (non-hydrogen) atoms.